The molecule has 1 heterocycles. The topological polar surface area (TPSA) is 99.0 Å². The van der Waals surface area contributed by atoms with E-state index >= 15 is 0 Å². The van der Waals surface area contributed by atoms with Crippen LogP contribution in [0.15, 0.2) is 72.8 Å². The maximum Gasteiger partial charge on any atom is 0.334 e. The molecule has 0 aliphatic carbocycles. The maximum atomic E-state index is 13.8. The summed E-state index contributed by atoms with van der Waals surface area (Å²) >= 11 is 0. The van der Waals surface area contributed by atoms with Gasteiger partial charge in [-0.25, -0.2) is 4.39 Å². The van der Waals surface area contributed by atoms with Crippen molar-refractivity contribution < 1.29 is 23.5 Å². The number of rotatable bonds is 12. The Morgan fingerprint density at radius 2 is 1.45 bits per heavy atom. The lowest BCUT2D eigenvalue weighted by Gasteiger charge is -2.25. The van der Waals surface area contributed by atoms with Crippen LogP contribution in [0.25, 0.3) is 0 Å². The molecule has 3 aromatic carbocycles. The third-order valence-corrected chi connectivity index (χ3v) is 6.39. The van der Waals surface area contributed by atoms with Gasteiger partial charge in [-0.1, -0.05) is 45.0 Å². The number of hydrogen-bond acceptors (Lipinski definition) is 8. The molecule has 0 bridgehead atoms. The molecule has 0 unspecified atom stereocenters. The molecule has 4 aromatic rings. The molecule has 10 heteroatoms. The molecule has 9 nitrogen and oxygen atoms in total. The van der Waals surface area contributed by atoms with Gasteiger partial charge in [0.1, 0.15) is 28.8 Å². The van der Waals surface area contributed by atoms with E-state index in [9.17, 15) is 14.5 Å². The highest BCUT2D eigenvalue weighted by Gasteiger charge is 2.28. The van der Waals surface area contributed by atoms with Crippen molar-refractivity contribution in [2.24, 2.45) is 0 Å². The zero-order valence-electron chi connectivity index (χ0n) is 24.8. The molecular formula is C32H37FN4O5. The largest absolute Gasteiger partial charge is 0.497 e. The van der Waals surface area contributed by atoms with Crippen molar-refractivity contribution in [3.63, 3.8) is 0 Å². The molecule has 222 valence electrons. The molecule has 1 aromatic heterocycles. The number of benzene rings is 3. The lowest BCUT2D eigenvalue weighted by molar-refractivity contribution is -0.383. The van der Waals surface area contributed by atoms with Crippen LogP contribution in [0.5, 0.6) is 23.1 Å². The van der Waals surface area contributed by atoms with Gasteiger partial charge in [-0.3, -0.25) is 10.1 Å². The normalized spacial score (nSPS) is 10.3. The van der Waals surface area contributed by atoms with Crippen LogP contribution < -0.4 is 24.4 Å². The smallest absolute Gasteiger partial charge is 0.334 e. The second-order valence-electron chi connectivity index (χ2n) is 8.95. The van der Waals surface area contributed by atoms with Crippen molar-refractivity contribution in [3.8, 4) is 23.1 Å². The first-order valence-electron chi connectivity index (χ1n) is 13.7. The number of aromatic nitrogens is 1. The van der Waals surface area contributed by atoms with Crippen molar-refractivity contribution in [2.75, 3.05) is 31.5 Å². The summed E-state index contributed by atoms with van der Waals surface area (Å²) < 4.78 is 30.5. The molecule has 0 fully saturated rings. The molecule has 0 saturated carbocycles. The van der Waals surface area contributed by atoms with Crippen LogP contribution in [-0.4, -0.2) is 31.2 Å². The van der Waals surface area contributed by atoms with Crippen LogP contribution in [0, 0.1) is 15.9 Å². The number of nitro groups is 1. The Balaban J connectivity index is 0.00000237. The van der Waals surface area contributed by atoms with Crippen LogP contribution in [0.1, 0.15) is 37.5 Å². The Hall–Kier alpha value is -4.86. The van der Waals surface area contributed by atoms with Crippen LogP contribution in [0.2, 0.25) is 0 Å². The SMILES string of the molecule is CC.CCc1cc(F)ccc1Oc1cc(NC)c([N+](=O)[O-])c(N(Cc2ccc(OC)cc2)Cc2ccc(OC)cc2)n1. The predicted octanol–water partition coefficient (Wildman–Crippen LogP) is 7.78. The third kappa shape index (κ3) is 7.87. The number of pyridine rings is 1. The second kappa shape index (κ2) is 15.2. The van der Waals surface area contributed by atoms with Gasteiger partial charge >= 0.3 is 5.69 Å². The lowest BCUT2D eigenvalue weighted by Crippen LogP contribution is -2.24. The summed E-state index contributed by atoms with van der Waals surface area (Å²) in [6, 6.07) is 20.7. The highest BCUT2D eigenvalue weighted by molar-refractivity contribution is 5.75. The van der Waals surface area contributed by atoms with Crippen LogP contribution in [0.3, 0.4) is 0 Å². The quantitative estimate of drug-likeness (QED) is 0.135. The monoisotopic (exact) mass is 576 g/mol. The average molecular weight is 577 g/mol. The van der Waals surface area contributed by atoms with Gasteiger partial charge in [-0.2, -0.15) is 4.98 Å². The van der Waals surface area contributed by atoms with E-state index in [0.717, 1.165) is 11.1 Å². The zero-order chi connectivity index (χ0) is 30.6. The molecule has 1 N–H and O–H groups in total. The van der Waals surface area contributed by atoms with Gasteiger partial charge in [0, 0.05) is 26.2 Å². The number of aryl methyl sites for hydroxylation is 1. The molecule has 0 saturated heterocycles. The fraction of sp³-hybridized carbons (Fsp3) is 0.281. The minimum Gasteiger partial charge on any atom is -0.497 e. The van der Waals surface area contributed by atoms with E-state index in [1.54, 1.807) is 21.3 Å². The number of methoxy groups -OCH3 is 2. The molecule has 42 heavy (non-hydrogen) atoms. The van der Waals surface area contributed by atoms with Crippen molar-refractivity contribution in [2.45, 2.75) is 40.3 Å². The minimum atomic E-state index is -0.456. The molecule has 0 spiro atoms. The summed E-state index contributed by atoms with van der Waals surface area (Å²) in [5, 5.41) is 15.3. The Bertz CT molecular complexity index is 1410. The van der Waals surface area contributed by atoms with Crippen molar-refractivity contribution >= 4 is 17.2 Å². The number of nitrogens with zero attached hydrogens (tertiary/aromatic N) is 3. The van der Waals surface area contributed by atoms with Gasteiger partial charge in [-0.15, -0.1) is 0 Å². The summed E-state index contributed by atoms with van der Waals surface area (Å²) in [5.41, 5.74) is 2.50. The molecular weight excluding hydrogens is 539 g/mol. The molecule has 0 atom stereocenters. The van der Waals surface area contributed by atoms with Gasteiger partial charge in [0.25, 0.3) is 0 Å². The number of anilines is 2. The third-order valence-electron chi connectivity index (χ3n) is 6.39. The average Bonchev–Trinajstić information content (AvgIpc) is 3.02. The van der Waals surface area contributed by atoms with Gasteiger partial charge in [0.15, 0.2) is 0 Å². The molecule has 0 aliphatic rings. The van der Waals surface area contributed by atoms with E-state index in [1.165, 1.54) is 24.3 Å². The summed E-state index contributed by atoms with van der Waals surface area (Å²) in [5.74, 6) is 1.72. The first kappa shape index (κ1) is 31.7. The number of nitrogens with one attached hydrogen (secondary N) is 1. The highest BCUT2D eigenvalue weighted by Crippen LogP contribution is 2.39. The van der Waals surface area contributed by atoms with Crippen LogP contribution in [-0.2, 0) is 19.5 Å². The van der Waals surface area contributed by atoms with Gasteiger partial charge in [0.05, 0.1) is 19.1 Å². The van der Waals surface area contributed by atoms with Crippen molar-refractivity contribution in [1.29, 1.82) is 0 Å². The Morgan fingerprint density at radius 1 is 0.905 bits per heavy atom. The van der Waals surface area contributed by atoms with Gasteiger partial charge in [-0.05, 0) is 65.6 Å². The van der Waals surface area contributed by atoms with E-state index < -0.39 is 4.92 Å². The molecule has 4 rings (SSSR count). The molecule has 0 aliphatic heterocycles. The van der Waals surface area contributed by atoms with Gasteiger partial charge in [0.2, 0.25) is 11.7 Å². The second-order valence-corrected chi connectivity index (χ2v) is 8.95. The summed E-state index contributed by atoms with van der Waals surface area (Å²) in [6.45, 7) is 6.52. The van der Waals surface area contributed by atoms with Crippen molar-refractivity contribution in [3.05, 3.63) is 105 Å². The molecule has 0 radical (unpaired) electrons. The van der Waals surface area contributed by atoms with E-state index in [4.69, 9.17) is 14.2 Å². The van der Waals surface area contributed by atoms with Crippen LogP contribution >= 0.6 is 0 Å². The highest BCUT2D eigenvalue weighted by atomic mass is 19.1. The number of halogens is 1. The predicted molar refractivity (Wildman–Crippen MR) is 164 cm³/mol. The Labute approximate surface area is 246 Å². The van der Waals surface area contributed by atoms with E-state index in [2.05, 4.69) is 10.3 Å². The number of hydrogen-bond donors (Lipinski definition) is 1. The Kier molecular flexibility index (Phi) is 11.5. The lowest BCUT2D eigenvalue weighted by atomic mass is 10.1. The maximum absolute atomic E-state index is 13.8. The molecule has 0 amide bonds. The summed E-state index contributed by atoms with van der Waals surface area (Å²) in [7, 11) is 4.78. The van der Waals surface area contributed by atoms with Gasteiger partial charge < -0.3 is 24.4 Å². The standard InChI is InChI=1S/C30H31FN4O5.C2H6/c1-5-22-16-23(31)10-15-27(22)40-28-17-26(32-2)29(35(36)37)30(33-28)34(18-20-6-11-24(38-3)12-7-20)19-21-8-13-25(39-4)14-9-21;1-2/h6-17H,5,18-19H2,1-4H3,(H,32,33);1-2H3. The zero-order valence-corrected chi connectivity index (χ0v) is 24.8. The van der Waals surface area contributed by atoms with E-state index in [-0.39, 0.29) is 28.9 Å². The van der Waals surface area contributed by atoms with Crippen molar-refractivity contribution in [1.82, 2.24) is 4.98 Å². The first-order valence-corrected chi connectivity index (χ1v) is 13.7. The fourth-order valence-corrected chi connectivity index (χ4v) is 4.29. The first-order chi connectivity index (χ1) is 20.3. The van der Waals surface area contributed by atoms with Crippen LogP contribution in [0.4, 0.5) is 21.6 Å². The summed E-state index contributed by atoms with van der Waals surface area (Å²) in [4.78, 5) is 18.4. The van der Waals surface area contributed by atoms with E-state index in [1.807, 2.05) is 74.2 Å². The fourth-order valence-electron chi connectivity index (χ4n) is 4.29. The Morgan fingerprint density at radius 3 is 1.90 bits per heavy atom. The number of ether oxygens (including phenoxy) is 3. The van der Waals surface area contributed by atoms with E-state index in [0.29, 0.717) is 42.3 Å². The summed E-state index contributed by atoms with van der Waals surface area (Å²) in [6.07, 6.45) is 0.535. The minimum absolute atomic E-state index is 0.124.